The first kappa shape index (κ1) is 15.4. The third-order valence-corrected chi connectivity index (χ3v) is 3.08. The second kappa shape index (κ2) is 6.18. The molecular weight excluding hydrogens is 303 g/mol. The van der Waals surface area contributed by atoms with Crippen molar-refractivity contribution < 1.29 is 18.0 Å². The Morgan fingerprint density at radius 3 is 2.48 bits per heavy atom. The lowest BCUT2D eigenvalue weighted by molar-refractivity contribution is -0.138. The molecule has 0 spiro atoms. The van der Waals surface area contributed by atoms with Crippen LogP contribution < -0.4 is 5.32 Å². The summed E-state index contributed by atoms with van der Waals surface area (Å²) in [7, 11) is 0. The van der Waals surface area contributed by atoms with Gasteiger partial charge in [0.15, 0.2) is 0 Å². The van der Waals surface area contributed by atoms with Crippen LogP contribution in [-0.2, 0) is 12.7 Å². The highest BCUT2D eigenvalue weighted by molar-refractivity contribution is 6.30. The van der Waals surface area contributed by atoms with Crippen LogP contribution >= 0.6 is 11.6 Å². The van der Waals surface area contributed by atoms with E-state index in [1.54, 1.807) is 12.1 Å². The molecule has 110 valence electrons. The molecular formula is C15H11ClF3NO. The molecule has 1 amide bonds. The Labute approximate surface area is 124 Å². The predicted octanol–water partition coefficient (Wildman–Crippen LogP) is 4.29. The van der Waals surface area contributed by atoms with E-state index in [0.717, 1.165) is 6.07 Å². The van der Waals surface area contributed by atoms with Gasteiger partial charge in [0.05, 0.1) is 5.56 Å². The third kappa shape index (κ3) is 3.98. The van der Waals surface area contributed by atoms with Gasteiger partial charge in [0.1, 0.15) is 0 Å². The van der Waals surface area contributed by atoms with E-state index in [4.69, 9.17) is 11.6 Å². The smallest absolute Gasteiger partial charge is 0.348 e. The van der Waals surface area contributed by atoms with Gasteiger partial charge in [0, 0.05) is 17.1 Å². The minimum absolute atomic E-state index is 0.0142. The van der Waals surface area contributed by atoms with E-state index in [1.807, 2.05) is 0 Å². The highest BCUT2D eigenvalue weighted by Gasteiger charge is 2.32. The van der Waals surface area contributed by atoms with Gasteiger partial charge in [0.25, 0.3) is 5.91 Å². The minimum Gasteiger partial charge on any atom is -0.348 e. The lowest BCUT2D eigenvalue weighted by atomic mass is 10.1. The van der Waals surface area contributed by atoms with Crippen LogP contribution in [0.1, 0.15) is 21.5 Å². The van der Waals surface area contributed by atoms with Gasteiger partial charge in [-0.1, -0.05) is 35.9 Å². The minimum atomic E-state index is -4.45. The van der Waals surface area contributed by atoms with Crippen LogP contribution in [0.15, 0.2) is 48.5 Å². The Hall–Kier alpha value is -2.01. The maximum absolute atomic E-state index is 12.8. The first-order chi connectivity index (χ1) is 9.88. The van der Waals surface area contributed by atoms with Crippen LogP contribution in [0.25, 0.3) is 0 Å². The molecule has 0 unspecified atom stereocenters. The van der Waals surface area contributed by atoms with Gasteiger partial charge < -0.3 is 5.32 Å². The molecule has 0 radical (unpaired) electrons. The van der Waals surface area contributed by atoms with E-state index in [9.17, 15) is 18.0 Å². The number of carbonyl (C=O) groups is 1. The van der Waals surface area contributed by atoms with Crippen LogP contribution in [0.2, 0.25) is 5.02 Å². The molecule has 0 saturated heterocycles. The standard InChI is InChI=1S/C15H11ClF3NO/c16-12-6-3-5-10(8-12)14(21)20-9-11-4-1-2-7-13(11)15(17,18)19/h1-8H,9H2,(H,20,21). The number of amides is 1. The molecule has 0 atom stereocenters. The molecule has 0 heterocycles. The zero-order valence-electron chi connectivity index (χ0n) is 10.7. The topological polar surface area (TPSA) is 29.1 Å². The maximum atomic E-state index is 12.8. The Balaban J connectivity index is 2.12. The number of hydrogen-bond donors (Lipinski definition) is 1. The van der Waals surface area contributed by atoms with Crippen LogP contribution in [0, 0.1) is 0 Å². The maximum Gasteiger partial charge on any atom is 0.416 e. The van der Waals surface area contributed by atoms with Gasteiger partial charge in [-0.3, -0.25) is 4.79 Å². The zero-order chi connectivity index (χ0) is 15.5. The highest BCUT2D eigenvalue weighted by atomic mass is 35.5. The Kier molecular flexibility index (Phi) is 4.53. The molecule has 0 saturated carbocycles. The Bertz CT molecular complexity index is 655. The zero-order valence-corrected chi connectivity index (χ0v) is 11.5. The summed E-state index contributed by atoms with van der Waals surface area (Å²) < 4.78 is 38.5. The quantitative estimate of drug-likeness (QED) is 0.900. The number of halogens is 4. The van der Waals surface area contributed by atoms with E-state index in [2.05, 4.69) is 5.32 Å². The van der Waals surface area contributed by atoms with Crippen molar-refractivity contribution in [3.05, 3.63) is 70.2 Å². The van der Waals surface area contributed by atoms with Crippen molar-refractivity contribution in [3.8, 4) is 0 Å². The van der Waals surface area contributed by atoms with Gasteiger partial charge >= 0.3 is 6.18 Å². The van der Waals surface area contributed by atoms with Crippen molar-refractivity contribution in [1.82, 2.24) is 5.32 Å². The van der Waals surface area contributed by atoms with Crippen molar-refractivity contribution in [1.29, 1.82) is 0 Å². The van der Waals surface area contributed by atoms with E-state index in [1.165, 1.54) is 30.3 Å². The largest absolute Gasteiger partial charge is 0.416 e. The van der Waals surface area contributed by atoms with E-state index < -0.39 is 17.6 Å². The third-order valence-electron chi connectivity index (χ3n) is 2.85. The average Bonchev–Trinajstić information content (AvgIpc) is 2.44. The summed E-state index contributed by atoms with van der Waals surface area (Å²) in [5.74, 6) is -0.477. The molecule has 6 heteroatoms. The number of rotatable bonds is 3. The van der Waals surface area contributed by atoms with Gasteiger partial charge in [-0.15, -0.1) is 0 Å². The Morgan fingerprint density at radius 2 is 1.81 bits per heavy atom. The molecule has 2 aromatic carbocycles. The fourth-order valence-corrected chi connectivity index (χ4v) is 2.05. The average molecular weight is 314 g/mol. The number of nitrogens with one attached hydrogen (secondary N) is 1. The SMILES string of the molecule is O=C(NCc1ccccc1C(F)(F)F)c1cccc(Cl)c1. The summed E-state index contributed by atoms with van der Waals surface area (Å²) in [6.45, 7) is -0.207. The number of alkyl halides is 3. The molecule has 0 aliphatic rings. The van der Waals surface area contributed by atoms with Gasteiger partial charge in [-0.2, -0.15) is 13.2 Å². The predicted molar refractivity (Wildman–Crippen MR) is 74.1 cm³/mol. The van der Waals surface area contributed by atoms with Crippen molar-refractivity contribution in [2.75, 3.05) is 0 Å². The van der Waals surface area contributed by atoms with Gasteiger partial charge in [-0.25, -0.2) is 0 Å². The van der Waals surface area contributed by atoms with Gasteiger partial charge in [-0.05, 0) is 29.8 Å². The summed E-state index contributed by atoms with van der Waals surface area (Å²) >= 11 is 5.76. The first-order valence-electron chi connectivity index (χ1n) is 6.07. The van der Waals surface area contributed by atoms with Crippen LogP contribution in [-0.4, -0.2) is 5.91 Å². The van der Waals surface area contributed by atoms with Gasteiger partial charge in [0.2, 0.25) is 0 Å². The number of hydrogen-bond acceptors (Lipinski definition) is 1. The fourth-order valence-electron chi connectivity index (χ4n) is 1.86. The monoisotopic (exact) mass is 313 g/mol. The number of benzene rings is 2. The normalized spacial score (nSPS) is 11.2. The van der Waals surface area contributed by atoms with E-state index >= 15 is 0 Å². The molecule has 0 aliphatic carbocycles. The lowest BCUT2D eigenvalue weighted by Crippen LogP contribution is -2.24. The first-order valence-corrected chi connectivity index (χ1v) is 6.44. The summed E-state index contributed by atoms with van der Waals surface area (Å²) in [4.78, 5) is 11.9. The Morgan fingerprint density at radius 1 is 1.10 bits per heavy atom. The summed E-state index contributed by atoms with van der Waals surface area (Å²) in [5.41, 5.74) is -0.441. The fraction of sp³-hybridized carbons (Fsp3) is 0.133. The molecule has 0 bridgehead atoms. The molecule has 21 heavy (non-hydrogen) atoms. The second-order valence-electron chi connectivity index (χ2n) is 4.35. The highest BCUT2D eigenvalue weighted by Crippen LogP contribution is 2.31. The van der Waals surface area contributed by atoms with E-state index in [-0.39, 0.29) is 12.1 Å². The summed E-state index contributed by atoms with van der Waals surface area (Å²) in [5, 5.41) is 2.84. The molecule has 2 aromatic rings. The summed E-state index contributed by atoms with van der Waals surface area (Å²) in [6, 6.07) is 11.3. The molecule has 1 N–H and O–H groups in total. The van der Waals surface area contributed by atoms with Crippen LogP contribution in [0.5, 0.6) is 0 Å². The second-order valence-corrected chi connectivity index (χ2v) is 4.78. The van der Waals surface area contributed by atoms with Crippen molar-refractivity contribution in [2.24, 2.45) is 0 Å². The van der Waals surface area contributed by atoms with Crippen LogP contribution in [0.3, 0.4) is 0 Å². The molecule has 2 nitrogen and oxygen atoms in total. The molecule has 2 rings (SSSR count). The molecule has 0 aromatic heterocycles. The van der Waals surface area contributed by atoms with E-state index in [0.29, 0.717) is 10.6 Å². The lowest BCUT2D eigenvalue weighted by Gasteiger charge is -2.13. The molecule has 0 aliphatic heterocycles. The summed E-state index contributed by atoms with van der Waals surface area (Å²) in [6.07, 6.45) is -4.45. The van der Waals surface area contributed by atoms with Crippen molar-refractivity contribution in [3.63, 3.8) is 0 Å². The molecule has 0 fully saturated rings. The number of carbonyl (C=O) groups excluding carboxylic acids is 1. The van der Waals surface area contributed by atoms with Crippen molar-refractivity contribution in [2.45, 2.75) is 12.7 Å². The van der Waals surface area contributed by atoms with Crippen LogP contribution in [0.4, 0.5) is 13.2 Å². The van der Waals surface area contributed by atoms with Crippen molar-refractivity contribution >= 4 is 17.5 Å².